The van der Waals surface area contributed by atoms with Crippen molar-refractivity contribution in [1.29, 1.82) is 0 Å². The van der Waals surface area contributed by atoms with Crippen LogP contribution >= 0.6 is 45.3 Å². The van der Waals surface area contributed by atoms with E-state index < -0.39 is 24.2 Å². The second-order valence-corrected chi connectivity index (χ2v) is 41.2. The topological polar surface area (TPSA) is 430 Å². The van der Waals surface area contributed by atoms with Crippen molar-refractivity contribution in [2.24, 2.45) is 0 Å². The molecule has 8 aromatic heterocycles. The van der Waals surface area contributed by atoms with Crippen LogP contribution in [0, 0.1) is 27.7 Å². The maximum absolute atomic E-state index is 13.7. The van der Waals surface area contributed by atoms with Gasteiger partial charge in [-0.25, -0.2) is 39.9 Å². The fourth-order valence-electron chi connectivity index (χ4n) is 18.0. The van der Waals surface area contributed by atoms with Crippen molar-refractivity contribution in [2.75, 3.05) is 47.5 Å². The molecule has 8 amide bonds. The van der Waals surface area contributed by atoms with Crippen LogP contribution in [0.25, 0.3) is 41.8 Å². The third-order valence-electron chi connectivity index (χ3n) is 25.1. The molecule has 3 aliphatic carbocycles. The zero-order valence-corrected chi connectivity index (χ0v) is 80.7. The number of aliphatic hydroxyl groups is 4. The van der Waals surface area contributed by atoms with Gasteiger partial charge in [-0.05, 0) is 273 Å². The van der Waals surface area contributed by atoms with E-state index in [-0.39, 0.29) is 152 Å². The first kappa shape index (κ1) is 97.4. The third kappa shape index (κ3) is 23.1. The van der Waals surface area contributed by atoms with Crippen LogP contribution in [0.4, 0.5) is 23.3 Å². The number of carbonyl (C=O) groups is 8. The van der Waals surface area contributed by atoms with Crippen LogP contribution in [0.2, 0.25) is 0 Å². The molecule has 8 fully saturated rings. The Morgan fingerprint density at radius 2 is 0.715 bits per heavy atom. The quantitative estimate of drug-likeness (QED) is 0.0253. The number of fused-ring (bicyclic) bond motifs is 2. The molecular weight excluding hydrogens is 1730 g/mol. The van der Waals surface area contributed by atoms with Crippen molar-refractivity contribution in [3.05, 3.63) is 114 Å². The molecule has 700 valence electrons. The maximum Gasteiger partial charge on any atom is 0.280 e. The second-order valence-electron chi connectivity index (χ2n) is 37.2. The van der Waals surface area contributed by atoms with E-state index in [1.165, 1.54) is 45.3 Å². The Bertz CT molecular complexity index is 5400. The van der Waals surface area contributed by atoms with Crippen LogP contribution in [-0.4, -0.2) is 250 Å². The number of aromatic nitrogens is 8. The summed E-state index contributed by atoms with van der Waals surface area (Å²) in [6.07, 6.45) is 21.3. The summed E-state index contributed by atoms with van der Waals surface area (Å²) in [5, 5.41) is 64.6. The van der Waals surface area contributed by atoms with Gasteiger partial charge in [0.25, 0.3) is 47.3 Å². The highest BCUT2D eigenvalue weighted by Crippen LogP contribution is 2.44. The number of rotatable bonds is 25. The number of hydrogen-bond acceptors (Lipinski definition) is 28. The summed E-state index contributed by atoms with van der Waals surface area (Å²) in [7, 11) is 0. The number of carbonyl (C=O) groups excluding carboxylic acids is 8. The minimum atomic E-state index is -0.535. The maximum atomic E-state index is 13.7. The van der Waals surface area contributed by atoms with Gasteiger partial charge in [0.1, 0.15) is 46.0 Å². The number of hydrogen-bond donors (Lipinski definition) is 12. The van der Waals surface area contributed by atoms with Crippen LogP contribution in [0.3, 0.4) is 0 Å². The second kappa shape index (κ2) is 43.1. The number of likely N-dealkylation sites (tertiary alicyclic amines) is 3. The fraction of sp³-hybridized carbons (Fsp3) is 0.574. The predicted octanol–water partition coefficient (Wildman–Crippen LogP) is 13.6. The molecule has 0 spiro atoms. The lowest BCUT2D eigenvalue weighted by Gasteiger charge is -2.32. The summed E-state index contributed by atoms with van der Waals surface area (Å²) in [6, 6.07) is 8.84. The molecule has 12 N–H and O–H groups in total. The van der Waals surface area contributed by atoms with Gasteiger partial charge in [-0.2, -0.15) is 0 Å². The Balaban J connectivity index is 0.000000148. The van der Waals surface area contributed by atoms with E-state index in [1.54, 1.807) is 31.7 Å². The SMILES string of the molecule is Cc1cc(NC(C)C)ncc1-c1sc(C(=O)NC2CCC2O)nc1C(=O)N1C2CCC1CC2.Cc1cc(NC(C)C)ncc1-c1sc(C(=O)N[C@@H]2CCC[C@H]2O)nc1C(=O)N1CCC[C@@H]1C.Cc1cc(NC(C)C)ncc1-c1sc(C(=O)N[C@@H]2CC[C@@H](O)C2)nc1C(=O)N1CCC[C@@H]1C.Cc1cc(NC(C)C)ncc1-c1sc(C(=O)N[C@H](C)CO)nc1C(=O)N1CCC[C@@H]1C. The fourth-order valence-corrected chi connectivity index (χ4v) is 22.2. The van der Waals surface area contributed by atoms with Gasteiger partial charge < -0.3 is 82.6 Å². The van der Waals surface area contributed by atoms with E-state index in [9.17, 15) is 58.8 Å². The molecule has 10 atom stereocenters. The van der Waals surface area contributed by atoms with Gasteiger partial charge in [0, 0.05) is 133 Å². The summed E-state index contributed by atoms with van der Waals surface area (Å²) in [4.78, 5) is 152. The molecule has 3 saturated carbocycles. The summed E-state index contributed by atoms with van der Waals surface area (Å²) >= 11 is 4.86. The summed E-state index contributed by atoms with van der Waals surface area (Å²) in [5.41, 5.74) is 8.31. The first-order valence-electron chi connectivity index (χ1n) is 46.1. The van der Waals surface area contributed by atoms with E-state index in [0.29, 0.717) is 81.9 Å². The van der Waals surface area contributed by atoms with E-state index >= 15 is 0 Å². The van der Waals surface area contributed by atoms with Gasteiger partial charge in [0.15, 0.2) is 20.0 Å². The Morgan fingerprint density at radius 1 is 0.392 bits per heavy atom. The molecule has 13 heterocycles. The van der Waals surface area contributed by atoms with E-state index in [2.05, 4.69) is 117 Å². The molecule has 32 nitrogen and oxygen atoms in total. The zero-order valence-electron chi connectivity index (χ0n) is 77.5. The largest absolute Gasteiger partial charge is 0.394 e. The first-order valence-corrected chi connectivity index (χ1v) is 49.4. The molecule has 130 heavy (non-hydrogen) atoms. The molecule has 2 bridgehead atoms. The van der Waals surface area contributed by atoms with E-state index in [4.69, 9.17) is 0 Å². The molecule has 5 saturated heterocycles. The average molecular weight is 1860 g/mol. The van der Waals surface area contributed by atoms with Gasteiger partial charge in [-0.1, -0.05) is 0 Å². The number of nitrogens with one attached hydrogen (secondary N) is 8. The Morgan fingerprint density at radius 3 is 0.985 bits per heavy atom. The minimum absolute atomic E-state index is 0.0672. The molecule has 0 radical (unpaired) electrons. The van der Waals surface area contributed by atoms with Crippen molar-refractivity contribution < 1.29 is 58.8 Å². The smallest absolute Gasteiger partial charge is 0.280 e. The number of pyridine rings is 4. The number of aryl methyl sites for hydroxylation is 4. The Kier molecular flexibility index (Phi) is 32.3. The van der Waals surface area contributed by atoms with Crippen LogP contribution in [0.1, 0.15) is 302 Å². The molecule has 36 heteroatoms. The molecular formula is C94H128N20O12S4. The van der Waals surface area contributed by atoms with E-state index in [0.717, 1.165) is 158 Å². The van der Waals surface area contributed by atoms with Crippen LogP contribution in [0.5, 0.6) is 0 Å². The minimum Gasteiger partial charge on any atom is -0.394 e. The van der Waals surface area contributed by atoms with Gasteiger partial charge >= 0.3 is 0 Å². The van der Waals surface area contributed by atoms with Crippen molar-refractivity contribution in [1.82, 2.24) is 80.7 Å². The van der Waals surface area contributed by atoms with Crippen LogP contribution < -0.4 is 42.5 Å². The summed E-state index contributed by atoms with van der Waals surface area (Å²) in [6.45, 7) is 34.1. The summed E-state index contributed by atoms with van der Waals surface area (Å²) < 4.78 is 0. The number of amides is 8. The Labute approximate surface area is 777 Å². The van der Waals surface area contributed by atoms with Crippen molar-refractivity contribution in [3.63, 3.8) is 0 Å². The lowest BCUT2D eigenvalue weighted by atomic mass is 9.89. The van der Waals surface area contributed by atoms with Gasteiger partial charge in [0.2, 0.25) is 0 Å². The standard InChI is InChI=1S/C24H31N5O3S.2C24H33N5O3S.C22H31N5O3S/c1-12(2)26-19-10-13(3)16(11-25-19)21-20(24(32)29-14-4-5-15(29)7-6-14)28-23(33-21)22(31)27-17-8-9-18(17)30;1-13(2)26-19-11-14(3)16(12-25-19)21-20(24(32)29-10-6-7-15(29)4)28-23(33-21)22(31)27-17-8-5-9-18(17)30;1-13(2)26-19-10-14(3)18(12-25-19)21-20(24(32)29-9-5-6-15(29)4)28-23(33-21)22(31)27-16-7-8-17(30)11-16;1-12(2)24-17-9-13(3)16(10-23-17)19-18(22(30)27-8-6-7-15(27)5)26-21(31-19)20(29)25-14(4)11-28/h10-12,14-15,17-18,30H,4-9H2,1-3H3,(H,25,26)(H,27,31);11-13,15,17-18,30H,5-10H2,1-4H3,(H,25,26)(H,27,31);10,12-13,15-17,30H,5-9,11H2,1-4H3,(H,25,26)(H,27,31);9-10,12,14-15,28H,6-8,11H2,1-5H3,(H,23,24)(H,25,29)/t;15-,17+,18+;15-,16+,17+;14-,15+/m.001/s1. The van der Waals surface area contributed by atoms with Gasteiger partial charge in [-0.3, -0.25) is 38.4 Å². The van der Waals surface area contributed by atoms with Gasteiger partial charge in [0.05, 0.1) is 56.5 Å². The van der Waals surface area contributed by atoms with E-state index in [1.807, 2.05) is 113 Å². The van der Waals surface area contributed by atoms with Crippen LogP contribution in [0.15, 0.2) is 49.1 Å². The number of nitrogens with zero attached hydrogens (tertiary/aromatic N) is 12. The number of anilines is 4. The Hall–Kier alpha value is -10.1. The number of aliphatic hydroxyl groups excluding tert-OH is 4. The molecule has 16 rings (SSSR count). The number of thiazole rings is 4. The highest BCUT2D eigenvalue weighted by Gasteiger charge is 2.45. The molecule has 8 aromatic rings. The van der Waals surface area contributed by atoms with Crippen molar-refractivity contribution in [2.45, 2.75) is 323 Å². The van der Waals surface area contributed by atoms with Crippen LogP contribution in [-0.2, 0) is 0 Å². The predicted molar refractivity (Wildman–Crippen MR) is 510 cm³/mol. The summed E-state index contributed by atoms with van der Waals surface area (Å²) in [5.74, 6) is 1.19. The van der Waals surface area contributed by atoms with Crippen molar-refractivity contribution in [3.8, 4) is 41.8 Å². The lowest BCUT2D eigenvalue weighted by molar-refractivity contribution is 0.0447. The molecule has 2 unspecified atom stereocenters. The zero-order chi connectivity index (χ0) is 93.4. The molecule has 0 aromatic carbocycles. The average Bonchev–Trinajstić information content (AvgIpc) is 1.58. The lowest BCUT2D eigenvalue weighted by Crippen LogP contribution is -2.50. The highest BCUT2D eigenvalue weighted by atomic mass is 32.1. The monoisotopic (exact) mass is 1860 g/mol. The molecule has 8 aliphatic rings. The van der Waals surface area contributed by atoms with Crippen molar-refractivity contribution >= 4 is 116 Å². The third-order valence-corrected chi connectivity index (χ3v) is 29.5. The highest BCUT2D eigenvalue weighted by molar-refractivity contribution is 7.18. The molecule has 5 aliphatic heterocycles. The normalized spacial score (nSPS) is 22.2. The first-order chi connectivity index (χ1) is 62.0. The van der Waals surface area contributed by atoms with Gasteiger partial charge in [-0.15, -0.1) is 45.3 Å².